The highest BCUT2D eigenvalue weighted by Crippen LogP contribution is 2.23. The quantitative estimate of drug-likeness (QED) is 0.876. The average molecular weight is 302 g/mol. The number of rotatable bonds is 6. The molecule has 1 atom stereocenters. The van der Waals surface area contributed by atoms with Crippen molar-refractivity contribution in [3.63, 3.8) is 0 Å². The van der Waals surface area contributed by atoms with Crippen LogP contribution in [0.15, 0.2) is 41.8 Å². The van der Waals surface area contributed by atoms with E-state index in [1.54, 1.807) is 11.3 Å². The molecule has 0 bridgehead atoms. The first kappa shape index (κ1) is 15.7. The van der Waals surface area contributed by atoms with E-state index in [0.717, 1.165) is 12.1 Å². The number of hydrogen-bond donors (Lipinski definition) is 1. The molecule has 1 aromatic heterocycles. The van der Waals surface area contributed by atoms with Crippen LogP contribution in [0.3, 0.4) is 0 Å². The maximum Gasteiger partial charge on any atom is 0.238 e. The molecule has 2 aromatic rings. The van der Waals surface area contributed by atoms with Crippen LogP contribution >= 0.6 is 11.3 Å². The summed E-state index contributed by atoms with van der Waals surface area (Å²) < 4.78 is 0. The molecule has 1 unspecified atom stereocenters. The van der Waals surface area contributed by atoms with Gasteiger partial charge in [0.2, 0.25) is 5.91 Å². The molecule has 112 valence electrons. The Bertz CT molecular complexity index is 563. The fourth-order valence-corrected chi connectivity index (χ4v) is 2.98. The lowest BCUT2D eigenvalue weighted by atomic mass is 10.1. The smallest absolute Gasteiger partial charge is 0.238 e. The van der Waals surface area contributed by atoms with E-state index in [4.69, 9.17) is 0 Å². The van der Waals surface area contributed by atoms with Crippen molar-refractivity contribution in [2.75, 3.05) is 18.9 Å². The highest BCUT2D eigenvalue weighted by atomic mass is 32.1. The summed E-state index contributed by atoms with van der Waals surface area (Å²) in [5.74, 6) is 0.0187. The van der Waals surface area contributed by atoms with Crippen molar-refractivity contribution in [3.05, 3.63) is 52.2 Å². The van der Waals surface area contributed by atoms with Gasteiger partial charge < -0.3 is 5.32 Å². The SMILES string of the molecule is CCc1ccc(NC(=O)CN(C)C(C)c2cccs2)cc1. The van der Waals surface area contributed by atoms with Crippen molar-refractivity contribution in [3.8, 4) is 0 Å². The minimum absolute atomic E-state index is 0.0187. The van der Waals surface area contributed by atoms with Crippen LogP contribution in [-0.4, -0.2) is 24.4 Å². The maximum absolute atomic E-state index is 12.1. The third-order valence-corrected chi connectivity index (χ3v) is 4.70. The van der Waals surface area contributed by atoms with Gasteiger partial charge in [-0.05, 0) is 49.5 Å². The van der Waals surface area contributed by atoms with Gasteiger partial charge in [-0.1, -0.05) is 25.1 Å². The van der Waals surface area contributed by atoms with Gasteiger partial charge in [-0.15, -0.1) is 11.3 Å². The highest BCUT2D eigenvalue weighted by Gasteiger charge is 2.15. The highest BCUT2D eigenvalue weighted by molar-refractivity contribution is 7.10. The Labute approximate surface area is 130 Å². The van der Waals surface area contributed by atoms with Crippen LogP contribution in [0, 0.1) is 0 Å². The van der Waals surface area contributed by atoms with Crippen LogP contribution in [0.2, 0.25) is 0 Å². The average Bonchev–Trinajstić information content (AvgIpc) is 3.01. The summed E-state index contributed by atoms with van der Waals surface area (Å²) in [7, 11) is 1.98. The predicted molar refractivity (Wildman–Crippen MR) is 89.8 cm³/mol. The van der Waals surface area contributed by atoms with Crippen molar-refractivity contribution < 1.29 is 4.79 Å². The number of carbonyl (C=O) groups excluding carboxylic acids is 1. The van der Waals surface area contributed by atoms with Gasteiger partial charge in [0.1, 0.15) is 0 Å². The van der Waals surface area contributed by atoms with Gasteiger partial charge >= 0.3 is 0 Å². The molecule has 1 heterocycles. The summed E-state index contributed by atoms with van der Waals surface area (Å²) in [5.41, 5.74) is 2.13. The first-order valence-corrected chi connectivity index (χ1v) is 8.10. The first-order valence-electron chi connectivity index (χ1n) is 7.22. The van der Waals surface area contributed by atoms with E-state index in [2.05, 4.69) is 35.5 Å². The number of likely N-dealkylation sites (N-methyl/N-ethyl adjacent to an activating group) is 1. The summed E-state index contributed by atoms with van der Waals surface area (Å²) in [4.78, 5) is 15.4. The van der Waals surface area contributed by atoms with E-state index in [1.165, 1.54) is 10.4 Å². The molecular formula is C17H22N2OS. The number of amides is 1. The van der Waals surface area contributed by atoms with Crippen LogP contribution in [0.5, 0.6) is 0 Å². The van der Waals surface area contributed by atoms with E-state index in [0.29, 0.717) is 6.54 Å². The first-order chi connectivity index (χ1) is 10.1. The molecule has 0 aliphatic carbocycles. The standard InChI is InChI=1S/C17H22N2OS/c1-4-14-7-9-15(10-8-14)18-17(20)12-19(3)13(2)16-6-5-11-21-16/h5-11,13H,4,12H2,1-3H3,(H,18,20). The van der Waals surface area contributed by atoms with Crippen LogP contribution in [0.1, 0.15) is 30.3 Å². The van der Waals surface area contributed by atoms with Gasteiger partial charge in [0.25, 0.3) is 0 Å². The molecule has 0 aliphatic rings. The molecule has 2 rings (SSSR count). The van der Waals surface area contributed by atoms with Crippen molar-refractivity contribution in [1.82, 2.24) is 4.90 Å². The van der Waals surface area contributed by atoms with Crippen molar-refractivity contribution in [1.29, 1.82) is 0 Å². The molecule has 3 nitrogen and oxygen atoms in total. The Kier molecular flexibility index (Phi) is 5.53. The number of benzene rings is 1. The molecule has 1 N–H and O–H groups in total. The van der Waals surface area contributed by atoms with E-state index < -0.39 is 0 Å². The van der Waals surface area contributed by atoms with Gasteiger partial charge in [-0.2, -0.15) is 0 Å². The van der Waals surface area contributed by atoms with E-state index in [1.807, 2.05) is 37.4 Å². The molecular weight excluding hydrogens is 280 g/mol. The Morgan fingerprint density at radius 2 is 2.00 bits per heavy atom. The second kappa shape index (κ2) is 7.38. The van der Waals surface area contributed by atoms with Crippen molar-refractivity contribution >= 4 is 22.9 Å². The summed E-state index contributed by atoms with van der Waals surface area (Å²) in [6.45, 7) is 4.62. The van der Waals surface area contributed by atoms with Crippen LogP contribution < -0.4 is 5.32 Å². The molecule has 0 radical (unpaired) electrons. The zero-order valence-corrected chi connectivity index (χ0v) is 13.6. The summed E-state index contributed by atoms with van der Waals surface area (Å²) in [5, 5.41) is 5.01. The lowest BCUT2D eigenvalue weighted by molar-refractivity contribution is -0.117. The number of thiophene rings is 1. The Hall–Kier alpha value is -1.65. The zero-order chi connectivity index (χ0) is 15.2. The van der Waals surface area contributed by atoms with E-state index >= 15 is 0 Å². The fraction of sp³-hybridized carbons (Fsp3) is 0.353. The third-order valence-electron chi connectivity index (χ3n) is 3.66. The molecule has 0 saturated heterocycles. The molecule has 0 fully saturated rings. The second-order valence-corrected chi connectivity index (χ2v) is 6.18. The summed E-state index contributed by atoms with van der Waals surface area (Å²) >= 11 is 1.72. The van der Waals surface area contributed by atoms with Crippen molar-refractivity contribution in [2.24, 2.45) is 0 Å². The normalized spacial score (nSPS) is 12.4. The Balaban J connectivity index is 1.88. The maximum atomic E-state index is 12.1. The molecule has 4 heteroatoms. The van der Waals surface area contributed by atoms with Crippen LogP contribution in [-0.2, 0) is 11.2 Å². The number of aryl methyl sites for hydroxylation is 1. The van der Waals surface area contributed by atoms with Gasteiger partial charge in [0.05, 0.1) is 6.54 Å². The van der Waals surface area contributed by atoms with E-state index in [9.17, 15) is 4.79 Å². The number of carbonyl (C=O) groups is 1. The predicted octanol–water partition coefficient (Wildman–Crippen LogP) is 3.94. The zero-order valence-electron chi connectivity index (χ0n) is 12.8. The van der Waals surface area contributed by atoms with Gasteiger partial charge in [-0.3, -0.25) is 9.69 Å². The number of hydrogen-bond acceptors (Lipinski definition) is 3. The van der Waals surface area contributed by atoms with Crippen LogP contribution in [0.4, 0.5) is 5.69 Å². The molecule has 0 aliphatic heterocycles. The van der Waals surface area contributed by atoms with Gasteiger partial charge in [0.15, 0.2) is 0 Å². The van der Waals surface area contributed by atoms with Gasteiger partial charge in [-0.25, -0.2) is 0 Å². The fourth-order valence-electron chi connectivity index (χ4n) is 2.13. The Morgan fingerprint density at radius 1 is 1.29 bits per heavy atom. The second-order valence-electron chi connectivity index (χ2n) is 5.21. The number of nitrogens with zero attached hydrogens (tertiary/aromatic N) is 1. The topological polar surface area (TPSA) is 32.3 Å². The molecule has 1 amide bonds. The third kappa shape index (κ3) is 4.41. The van der Waals surface area contributed by atoms with E-state index in [-0.39, 0.29) is 11.9 Å². The molecule has 1 aromatic carbocycles. The summed E-state index contributed by atoms with van der Waals surface area (Å²) in [6.07, 6.45) is 1.01. The lowest BCUT2D eigenvalue weighted by Gasteiger charge is -2.23. The lowest BCUT2D eigenvalue weighted by Crippen LogP contribution is -2.31. The molecule has 0 spiro atoms. The molecule has 21 heavy (non-hydrogen) atoms. The number of anilines is 1. The van der Waals surface area contributed by atoms with Crippen molar-refractivity contribution in [2.45, 2.75) is 26.3 Å². The summed E-state index contributed by atoms with van der Waals surface area (Å²) in [6, 6.07) is 12.4. The largest absolute Gasteiger partial charge is 0.325 e. The number of nitrogens with one attached hydrogen (secondary N) is 1. The minimum atomic E-state index is 0.0187. The Morgan fingerprint density at radius 3 is 2.57 bits per heavy atom. The molecule has 0 saturated carbocycles. The monoisotopic (exact) mass is 302 g/mol. The minimum Gasteiger partial charge on any atom is -0.325 e. The van der Waals surface area contributed by atoms with Gasteiger partial charge in [0, 0.05) is 16.6 Å². The van der Waals surface area contributed by atoms with Crippen LogP contribution in [0.25, 0.3) is 0 Å².